The Hall–Kier alpha value is -2.93. The van der Waals surface area contributed by atoms with Crippen molar-refractivity contribution < 1.29 is 18.9 Å². The molecule has 2 aromatic carbocycles. The molecule has 0 atom stereocenters. The quantitative estimate of drug-likeness (QED) is 0.726. The maximum absolute atomic E-state index is 13.2. The van der Waals surface area contributed by atoms with Crippen molar-refractivity contribution in [1.82, 2.24) is 4.90 Å². The van der Waals surface area contributed by atoms with E-state index in [4.69, 9.17) is 0 Å². The average molecular weight is 414 g/mol. The minimum Gasteiger partial charge on any atom is -0.372 e. The highest BCUT2D eigenvalue weighted by Gasteiger charge is 2.26. The van der Waals surface area contributed by atoms with Gasteiger partial charge in [0.25, 0.3) is 11.8 Å². The van der Waals surface area contributed by atoms with Crippen LogP contribution in [-0.2, 0) is 4.79 Å². The van der Waals surface area contributed by atoms with Crippen LogP contribution in [0.15, 0.2) is 48.5 Å². The van der Waals surface area contributed by atoms with Gasteiger partial charge in [-0.15, -0.1) is 0 Å². The second-order valence-corrected chi connectivity index (χ2v) is 7.50. The number of nitrogens with one attached hydrogen (secondary N) is 2. The maximum atomic E-state index is 13.2. The molecule has 1 heterocycles. The minimum atomic E-state index is -0.377. The van der Waals surface area contributed by atoms with Crippen molar-refractivity contribution in [1.29, 1.82) is 0 Å². The van der Waals surface area contributed by atoms with Crippen LogP contribution in [-0.4, -0.2) is 62.5 Å². The molecular weight excluding hydrogens is 383 g/mol. The topological polar surface area (TPSA) is 57.1 Å². The number of piperazine rings is 1. The number of hydrogen-bond donors (Lipinski definition) is 2. The highest BCUT2D eigenvalue weighted by Crippen LogP contribution is 2.16. The Bertz CT molecular complexity index is 860. The van der Waals surface area contributed by atoms with E-state index in [0.29, 0.717) is 44.0 Å². The summed E-state index contributed by atoms with van der Waals surface area (Å²) in [6, 6.07) is 13.7. The largest absolute Gasteiger partial charge is 0.372 e. The molecule has 1 aliphatic heterocycles. The third-order valence-electron chi connectivity index (χ3n) is 5.52. The van der Waals surface area contributed by atoms with Crippen LogP contribution in [0, 0.1) is 5.82 Å². The van der Waals surface area contributed by atoms with Gasteiger partial charge in [0.2, 0.25) is 0 Å². The summed E-state index contributed by atoms with van der Waals surface area (Å²) in [6.45, 7) is 9.03. The molecule has 0 aliphatic carbocycles. The van der Waals surface area contributed by atoms with Crippen molar-refractivity contribution >= 4 is 23.2 Å². The van der Waals surface area contributed by atoms with E-state index in [0.717, 1.165) is 23.7 Å². The van der Waals surface area contributed by atoms with Crippen LogP contribution in [0.3, 0.4) is 0 Å². The first-order valence-electron chi connectivity index (χ1n) is 10.5. The van der Waals surface area contributed by atoms with E-state index >= 15 is 0 Å². The van der Waals surface area contributed by atoms with Gasteiger partial charge in [-0.1, -0.05) is 6.07 Å². The van der Waals surface area contributed by atoms with Crippen LogP contribution < -0.4 is 15.1 Å². The van der Waals surface area contributed by atoms with Gasteiger partial charge < -0.3 is 20.0 Å². The number of nitrogens with zero attached hydrogens (tertiary/aromatic N) is 2. The van der Waals surface area contributed by atoms with Crippen LogP contribution in [0.25, 0.3) is 0 Å². The number of halogens is 1. The standard InChI is InChI=1S/C23H29FN4O2/c1-3-27(4-2)21-10-8-18(9-11-21)23(30)28-14-12-26(13-15-28)17-22(29)25-20-7-5-6-19(24)16-20/h5-11,16H,3-4,12-15,17H2,1-2H3,(H,25,29)/p+1. The zero-order valence-corrected chi connectivity index (χ0v) is 17.7. The van der Waals surface area contributed by atoms with Crippen molar-refractivity contribution in [2.45, 2.75) is 13.8 Å². The first-order valence-corrected chi connectivity index (χ1v) is 10.5. The van der Waals surface area contributed by atoms with Crippen molar-refractivity contribution in [3.63, 3.8) is 0 Å². The molecule has 0 saturated carbocycles. The van der Waals surface area contributed by atoms with E-state index in [1.807, 2.05) is 29.2 Å². The Kier molecular flexibility index (Phi) is 7.41. The molecule has 1 saturated heterocycles. The van der Waals surface area contributed by atoms with E-state index in [9.17, 15) is 14.0 Å². The second kappa shape index (κ2) is 10.2. The summed E-state index contributed by atoms with van der Waals surface area (Å²) in [6.07, 6.45) is 0. The molecule has 0 bridgehead atoms. The van der Waals surface area contributed by atoms with E-state index in [1.54, 1.807) is 12.1 Å². The molecule has 1 aliphatic rings. The van der Waals surface area contributed by atoms with Crippen molar-refractivity contribution in [2.24, 2.45) is 0 Å². The molecule has 6 nitrogen and oxygen atoms in total. The van der Waals surface area contributed by atoms with Crippen LogP contribution in [0.5, 0.6) is 0 Å². The Balaban J connectivity index is 1.48. The molecule has 7 heteroatoms. The highest BCUT2D eigenvalue weighted by atomic mass is 19.1. The molecule has 0 spiro atoms. The van der Waals surface area contributed by atoms with Gasteiger partial charge >= 0.3 is 0 Å². The van der Waals surface area contributed by atoms with Crippen molar-refractivity contribution in [2.75, 3.05) is 56.0 Å². The maximum Gasteiger partial charge on any atom is 0.279 e. The Morgan fingerprint density at radius 1 is 1.07 bits per heavy atom. The number of carbonyl (C=O) groups is 2. The lowest BCUT2D eigenvalue weighted by molar-refractivity contribution is -0.895. The number of rotatable bonds is 7. The molecule has 30 heavy (non-hydrogen) atoms. The van der Waals surface area contributed by atoms with Crippen molar-refractivity contribution in [3.05, 3.63) is 59.9 Å². The summed E-state index contributed by atoms with van der Waals surface area (Å²) in [5.74, 6) is -0.496. The minimum absolute atomic E-state index is 0.0318. The molecule has 2 aromatic rings. The van der Waals surface area contributed by atoms with E-state index < -0.39 is 0 Å². The monoisotopic (exact) mass is 413 g/mol. The fourth-order valence-corrected chi connectivity index (χ4v) is 3.79. The molecule has 0 unspecified atom stereocenters. The Morgan fingerprint density at radius 2 is 1.73 bits per heavy atom. The number of amides is 2. The predicted molar refractivity (Wildman–Crippen MR) is 116 cm³/mol. The van der Waals surface area contributed by atoms with Gasteiger partial charge in [-0.05, 0) is 56.3 Å². The highest BCUT2D eigenvalue weighted by molar-refractivity contribution is 5.94. The fraction of sp³-hybridized carbons (Fsp3) is 0.391. The summed E-state index contributed by atoms with van der Waals surface area (Å²) < 4.78 is 13.2. The lowest BCUT2D eigenvalue weighted by Gasteiger charge is -2.32. The molecule has 0 radical (unpaired) electrons. The van der Waals surface area contributed by atoms with E-state index in [1.165, 1.54) is 12.1 Å². The number of hydrogen-bond acceptors (Lipinski definition) is 3. The van der Waals surface area contributed by atoms with Gasteiger partial charge in [-0.25, -0.2) is 4.39 Å². The third-order valence-corrected chi connectivity index (χ3v) is 5.52. The van der Waals surface area contributed by atoms with Gasteiger partial charge in [0.05, 0.1) is 26.2 Å². The molecule has 1 fully saturated rings. The number of benzene rings is 2. The summed E-state index contributed by atoms with van der Waals surface area (Å²) >= 11 is 0. The number of quaternary nitrogens is 1. The third kappa shape index (κ3) is 5.57. The summed E-state index contributed by atoms with van der Waals surface area (Å²) in [4.78, 5) is 30.2. The van der Waals surface area contributed by atoms with Crippen LogP contribution in [0.4, 0.5) is 15.8 Å². The van der Waals surface area contributed by atoms with Gasteiger partial charge in [-0.3, -0.25) is 9.59 Å². The molecule has 2 N–H and O–H groups in total. The van der Waals surface area contributed by atoms with E-state index in [2.05, 4.69) is 24.1 Å². The van der Waals surface area contributed by atoms with Gasteiger partial charge in [0.15, 0.2) is 6.54 Å². The lowest BCUT2D eigenvalue weighted by atomic mass is 10.1. The second-order valence-electron chi connectivity index (χ2n) is 7.50. The van der Waals surface area contributed by atoms with E-state index in [-0.39, 0.29) is 17.6 Å². The number of carbonyl (C=O) groups excluding carboxylic acids is 2. The predicted octanol–water partition coefficient (Wildman–Crippen LogP) is 1.65. The summed E-state index contributed by atoms with van der Waals surface area (Å²) in [5.41, 5.74) is 2.27. The zero-order valence-electron chi connectivity index (χ0n) is 17.7. The summed E-state index contributed by atoms with van der Waals surface area (Å²) in [5, 5.41) is 2.73. The van der Waals surface area contributed by atoms with Gasteiger partial charge in [0.1, 0.15) is 5.82 Å². The first-order chi connectivity index (χ1) is 14.5. The summed E-state index contributed by atoms with van der Waals surface area (Å²) in [7, 11) is 0. The number of anilines is 2. The molecular formula is C23H30FN4O2+. The molecule has 3 rings (SSSR count). The van der Waals surface area contributed by atoms with Gasteiger partial charge in [0, 0.05) is 30.0 Å². The average Bonchev–Trinajstić information content (AvgIpc) is 2.75. The normalized spacial score (nSPS) is 14.4. The lowest BCUT2D eigenvalue weighted by Crippen LogP contribution is -3.15. The SMILES string of the molecule is CCN(CC)c1ccc(C(=O)N2CC[NH+](CC(=O)Nc3cccc(F)c3)CC2)cc1. The molecule has 160 valence electrons. The fourth-order valence-electron chi connectivity index (χ4n) is 3.79. The smallest absolute Gasteiger partial charge is 0.279 e. The van der Waals surface area contributed by atoms with Crippen LogP contribution in [0.1, 0.15) is 24.2 Å². The Labute approximate surface area is 177 Å². The zero-order chi connectivity index (χ0) is 21.5. The van der Waals surface area contributed by atoms with Crippen molar-refractivity contribution in [3.8, 4) is 0 Å². The van der Waals surface area contributed by atoms with Crippen LogP contribution >= 0.6 is 0 Å². The van der Waals surface area contributed by atoms with Crippen LogP contribution in [0.2, 0.25) is 0 Å². The molecule has 2 amide bonds. The first kappa shape index (κ1) is 21.8. The Morgan fingerprint density at radius 3 is 2.33 bits per heavy atom. The van der Waals surface area contributed by atoms with Gasteiger partial charge in [-0.2, -0.15) is 0 Å². The molecule has 0 aromatic heterocycles.